The molecule has 1 unspecified atom stereocenters. The first kappa shape index (κ1) is 16.5. The Labute approximate surface area is 107 Å². The summed E-state index contributed by atoms with van der Waals surface area (Å²) in [6.45, 7) is 5.10. The third-order valence-corrected chi connectivity index (χ3v) is 2.57. The molecule has 0 aliphatic rings. The molecule has 100 valence electrons. The van der Waals surface area contributed by atoms with Gasteiger partial charge in [-0.25, -0.2) is 0 Å². The van der Waals surface area contributed by atoms with Gasteiger partial charge in [0.1, 0.15) is 0 Å². The SMILES string of the molecule is CCCCCC#CCCCOC(CCC)OC. The molecule has 2 nitrogen and oxygen atoms in total. The zero-order valence-electron chi connectivity index (χ0n) is 11.8. The van der Waals surface area contributed by atoms with Crippen molar-refractivity contribution in [3.05, 3.63) is 0 Å². The van der Waals surface area contributed by atoms with E-state index in [1.807, 2.05) is 0 Å². The fourth-order valence-electron chi connectivity index (χ4n) is 1.52. The van der Waals surface area contributed by atoms with Gasteiger partial charge in [0.15, 0.2) is 6.29 Å². The largest absolute Gasteiger partial charge is 0.356 e. The van der Waals surface area contributed by atoms with Crippen LogP contribution in [0.5, 0.6) is 0 Å². The molecule has 0 amide bonds. The van der Waals surface area contributed by atoms with E-state index in [2.05, 4.69) is 25.7 Å². The van der Waals surface area contributed by atoms with Crippen molar-refractivity contribution in [2.75, 3.05) is 13.7 Å². The van der Waals surface area contributed by atoms with Gasteiger partial charge in [0.05, 0.1) is 6.61 Å². The third kappa shape index (κ3) is 11.7. The summed E-state index contributed by atoms with van der Waals surface area (Å²) in [6, 6.07) is 0. The maximum atomic E-state index is 5.59. The standard InChI is InChI=1S/C15H28O2/c1-4-6-7-8-9-10-11-12-14-17-15(16-3)13-5-2/h15H,4-8,11-14H2,1-3H3. The van der Waals surface area contributed by atoms with Gasteiger partial charge in [-0.15, -0.1) is 11.8 Å². The molecule has 0 aromatic heterocycles. The van der Waals surface area contributed by atoms with Gasteiger partial charge in [-0.1, -0.05) is 33.1 Å². The monoisotopic (exact) mass is 240 g/mol. The molecule has 0 aliphatic carbocycles. The number of rotatable bonds is 10. The molecule has 0 saturated carbocycles. The minimum absolute atomic E-state index is 0.0301. The molecule has 0 aromatic rings. The number of methoxy groups -OCH3 is 1. The van der Waals surface area contributed by atoms with Crippen LogP contribution in [0.2, 0.25) is 0 Å². The Bertz CT molecular complexity index is 203. The predicted molar refractivity (Wildman–Crippen MR) is 72.8 cm³/mol. The van der Waals surface area contributed by atoms with E-state index in [4.69, 9.17) is 9.47 Å². The first-order valence-corrected chi connectivity index (χ1v) is 6.95. The van der Waals surface area contributed by atoms with E-state index in [9.17, 15) is 0 Å². The Kier molecular flexibility index (Phi) is 13.1. The lowest BCUT2D eigenvalue weighted by atomic mass is 10.2. The van der Waals surface area contributed by atoms with E-state index in [-0.39, 0.29) is 6.29 Å². The van der Waals surface area contributed by atoms with Gasteiger partial charge in [0.2, 0.25) is 0 Å². The number of unbranched alkanes of at least 4 members (excludes halogenated alkanes) is 4. The average Bonchev–Trinajstić information content (AvgIpc) is 2.35. The Morgan fingerprint density at radius 1 is 0.941 bits per heavy atom. The van der Waals surface area contributed by atoms with Crippen molar-refractivity contribution in [1.82, 2.24) is 0 Å². The Morgan fingerprint density at radius 2 is 1.65 bits per heavy atom. The fourth-order valence-corrected chi connectivity index (χ4v) is 1.52. The van der Waals surface area contributed by atoms with Crippen molar-refractivity contribution in [1.29, 1.82) is 0 Å². The summed E-state index contributed by atoms with van der Waals surface area (Å²) in [5, 5.41) is 0. The molecule has 17 heavy (non-hydrogen) atoms. The normalized spacial score (nSPS) is 11.9. The van der Waals surface area contributed by atoms with E-state index in [1.54, 1.807) is 7.11 Å². The first-order chi connectivity index (χ1) is 8.35. The molecule has 1 atom stereocenters. The molecule has 0 bridgehead atoms. The highest BCUT2D eigenvalue weighted by molar-refractivity contribution is 4.98. The Morgan fingerprint density at radius 3 is 2.24 bits per heavy atom. The lowest BCUT2D eigenvalue weighted by Crippen LogP contribution is -2.15. The highest BCUT2D eigenvalue weighted by Gasteiger charge is 2.04. The lowest BCUT2D eigenvalue weighted by molar-refractivity contribution is -0.127. The average molecular weight is 240 g/mol. The second kappa shape index (κ2) is 13.5. The third-order valence-electron chi connectivity index (χ3n) is 2.57. The van der Waals surface area contributed by atoms with Crippen LogP contribution in [-0.4, -0.2) is 20.0 Å². The second-order valence-electron chi connectivity index (χ2n) is 4.24. The summed E-state index contributed by atoms with van der Waals surface area (Å²) in [6.07, 6.45) is 8.83. The van der Waals surface area contributed by atoms with E-state index >= 15 is 0 Å². The molecular weight excluding hydrogens is 212 g/mol. The van der Waals surface area contributed by atoms with E-state index in [0.717, 1.165) is 38.7 Å². The van der Waals surface area contributed by atoms with E-state index in [0.29, 0.717) is 0 Å². The van der Waals surface area contributed by atoms with Crippen LogP contribution in [0.15, 0.2) is 0 Å². The van der Waals surface area contributed by atoms with Crippen LogP contribution in [-0.2, 0) is 9.47 Å². The Balaban J connectivity index is 3.32. The molecular formula is C15H28O2. The smallest absolute Gasteiger partial charge is 0.157 e. The van der Waals surface area contributed by atoms with Crippen molar-refractivity contribution >= 4 is 0 Å². The van der Waals surface area contributed by atoms with Crippen LogP contribution >= 0.6 is 0 Å². The van der Waals surface area contributed by atoms with Crippen molar-refractivity contribution in [2.45, 2.75) is 71.5 Å². The molecule has 0 heterocycles. The summed E-state index contributed by atoms with van der Waals surface area (Å²) < 4.78 is 10.8. The van der Waals surface area contributed by atoms with Gasteiger partial charge < -0.3 is 9.47 Å². The molecule has 0 N–H and O–H groups in total. The minimum atomic E-state index is -0.0301. The topological polar surface area (TPSA) is 18.5 Å². The summed E-state index contributed by atoms with van der Waals surface area (Å²) in [5.74, 6) is 6.41. The molecule has 0 rings (SSSR count). The molecule has 2 heteroatoms. The van der Waals surface area contributed by atoms with Gasteiger partial charge in [-0.3, -0.25) is 0 Å². The number of hydrogen-bond donors (Lipinski definition) is 0. The highest BCUT2D eigenvalue weighted by Crippen LogP contribution is 2.04. The molecule has 0 aliphatic heterocycles. The highest BCUT2D eigenvalue weighted by atomic mass is 16.7. The van der Waals surface area contributed by atoms with Crippen LogP contribution in [0, 0.1) is 11.8 Å². The quantitative estimate of drug-likeness (QED) is 0.324. The van der Waals surface area contributed by atoms with Crippen LogP contribution in [0.25, 0.3) is 0 Å². The van der Waals surface area contributed by atoms with Gasteiger partial charge in [0, 0.05) is 20.0 Å². The van der Waals surface area contributed by atoms with Crippen molar-refractivity contribution in [3.63, 3.8) is 0 Å². The van der Waals surface area contributed by atoms with Crippen molar-refractivity contribution in [3.8, 4) is 11.8 Å². The summed E-state index contributed by atoms with van der Waals surface area (Å²) >= 11 is 0. The Hall–Kier alpha value is -0.520. The molecule has 0 saturated heterocycles. The summed E-state index contributed by atoms with van der Waals surface area (Å²) in [4.78, 5) is 0. The van der Waals surface area contributed by atoms with Crippen LogP contribution < -0.4 is 0 Å². The lowest BCUT2D eigenvalue weighted by Gasteiger charge is -2.14. The molecule has 0 aromatic carbocycles. The summed E-state index contributed by atoms with van der Waals surface area (Å²) in [7, 11) is 1.70. The predicted octanol–water partition coefficient (Wildman–Crippen LogP) is 4.14. The maximum absolute atomic E-state index is 5.59. The van der Waals surface area contributed by atoms with Crippen molar-refractivity contribution in [2.24, 2.45) is 0 Å². The van der Waals surface area contributed by atoms with Crippen LogP contribution in [0.3, 0.4) is 0 Å². The van der Waals surface area contributed by atoms with Gasteiger partial charge >= 0.3 is 0 Å². The van der Waals surface area contributed by atoms with Gasteiger partial charge in [0.25, 0.3) is 0 Å². The number of ether oxygens (including phenoxy) is 2. The van der Waals surface area contributed by atoms with Gasteiger partial charge in [-0.2, -0.15) is 0 Å². The second-order valence-corrected chi connectivity index (χ2v) is 4.24. The van der Waals surface area contributed by atoms with E-state index < -0.39 is 0 Å². The summed E-state index contributed by atoms with van der Waals surface area (Å²) in [5.41, 5.74) is 0. The molecule has 0 fully saturated rings. The number of hydrogen-bond acceptors (Lipinski definition) is 2. The zero-order valence-corrected chi connectivity index (χ0v) is 11.8. The van der Waals surface area contributed by atoms with Crippen LogP contribution in [0.1, 0.15) is 65.2 Å². The van der Waals surface area contributed by atoms with Crippen molar-refractivity contribution < 1.29 is 9.47 Å². The molecule has 0 radical (unpaired) electrons. The molecule has 0 spiro atoms. The maximum Gasteiger partial charge on any atom is 0.157 e. The minimum Gasteiger partial charge on any atom is -0.356 e. The van der Waals surface area contributed by atoms with E-state index in [1.165, 1.54) is 19.3 Å². The zero-order chi connectivity index (χ0) is 12.8. The fraction of sp³-hybridized carbons (Fsp3) is 0.867. The van der Waals surface area contributed by atoms with Crippen LogP contribution in [0.4, 0.5) is 0 Å². The first-order valence-electron chi connectivity index (χ1n) is 6.95. The van der Waals surface area contributed by atoms with Gasteiger partial charge in [-0.05, 0) is 19.3 Å².